The Labute approximate surface area is 109 Å². The van der Waals surface area contributed by atoms with Crippen LogP contribution >= 0.6 is 0 Å². The van der Waals surface area contributed by atoms with Gasteiger partial charge in [-0.1, -0.05) is 34.6 Å². The van der Waals surface area contributed by atoms with Crippen LogP contribution in [0.2, 0.25) is 0 Å². The Hall–Kier alpha value is -1.38. The van der Waals surface area contributed by atoms with Crippen LogP contribution < -0.4 is 0 Å². The zero-order chi connectivity index (χ0) is 13.9. The fourth-order valence-electron chi connectivity index (χ4n) is 2.11. The minimum atomic E-state index is -0.877. The lowest BCUT2D eigenvalue weighted by Crippen LogP contribution is -2.12. The molecule has 0 spiro atoms. The highest BCUT2D eigenvalue weighted by Gasteiger charge is 2.17. The first kappa shape index (κ1) is 14.7. The summed E-state index contributed by atoms with van der Waals surface area (Å²) in [4.78, 5) is 15.8. The first-order valence-corrected chi connectivity index (χ1v) is 6.62. The third-order valence-corrected chi connectivity index (χ3v) is 3.00. The third-order valence-electron chi connectivity index (χ3n) is 3.00. The summed E-state index contributed by atoms with van der Waals surface area (Å²) in [5.41, 5.74) is 3.18. The van der Waals surface area contributed by atoms with Gasteiger partial charge in [0.2, 0.25) is 0 Å². The van der Waals surface area contributed by atoms with Crippen molar-refractivity contribution >= 4 is 5.97 Å². The van der Waals surface area contributed by atoms with Gasteiger partial charge in [-0.25, -0.2) is 4.79 Å². The van der Waals surface area contributed by atoms with E-state index >= 15 is 0 Å². The molecule has 0 bridgehead atoms. The molecule has 0 radical (unpaired) electrons. The number of carbonyl (C=O) groups is 1. The molecule has 1 rings (SSSR count). The van der Waals surface area contributed by atoms with Crippen LogP contribution in [0.5, 0.6) is 0 Å². The van der Waals surface area contributed by atoms with E-state index in [1.165, 1.54) is 0 Å². The van der Waals surface area contributed by atoms with Crippen molar-refractivity contribution < 1.29 is 9.90 Å². The second-order valence-corrected chi connectivity index (χ2v) is 5.43. The summed E-state index contributed by atoms with van der Waals surface area (Å²) in [6.07, 6.45) is 1.56. The average molecular weight is 249 g/mol. The molecule has 0 unspecified atom stereocenters. The molecule has 0 saturated heterocycles. The van der Waals surface area contributed by atoms with Crippen LogP contribution in [0.1, 0.15) is 67.8 Å². The molecule has 100 valence electrons. The minimum absolute atomic E-state index is 0.301. The summed E-state index contributed by atoms with van der Waals surface area (Å²) in [5, 5.41) is 9.24. The number of hydrogen-bond donors (Lipinski definition) is 1. The Morgan fingerprint density at radius 3 is 2.28 bits per heavy atom. The number of rotatable bonds is 5. The first-order valence-electron chi connectivity index (χ1n) is 6.62. The quantitative estimate of drug-likeness (QED) is 0.866. The summed E-state index contributed by atoms with van der Waals surface area (Å²) >= 11 is 0. The lowest BCUT2D eigenvalue weighted by molar-refractivity contribution is 0.0695. The number of aromatic nitrogens is 1. The Balaban J connectivity index is 3.37. The average Bonchev–Trinajstić information content (AvgIpc) is 2.26. The second-order valence-electron chi connectivity index (χ2n) is 5.43. The van der Waals surface area contributed by atoms with Gasteiger partial charge in [0.05, 0.1) is 11.3 Å². The van der Waals surface area contributed by atoms with Gasteiger partial charge in [-0.05, 0) is 36.3 Å². The van der Waals surface area contributed by atoms with Crippen molar-refractivity contribution in [2.24, 2.45) is 5.92 Å². The molecule has 0 atom stereocenters. The molecule has 3 heteroatoms. The molecule has 18 heavy (non-hydrogen) atoms. The number of nitrogens with zero attached hydrogens (tertiary/aromatic N) is 1. The van der Waals surface area contributed by atoms with Gasteiger partial charge < -0.3 is 5.11 Å². The highest BCUT2D eigenvalue weighted by molar-refractivity contribution is 5.89. The molecule has 0 aliphatic rings. The Morgan fingerprint density at radius 2 is 1.89 bits per heavy atom. The molecule has 0 aliphatic heterocycles. The summed E-state index contributed by atoms with van der Waals surface area (Å²) in [6, 6.07) is 1.82. The molecule has 1 aromatic rings. The Morgan fingerprint density at radius 1 is 1.28 bits per heavy atom. The van der Waals surface area contributed by atoms with Gasteiger partial charge in [0.25, 0.3) is 0 Å². The fourth-order valence-corrected chi connectivity index (χ4v) is 2.11. The van der Waals surface area contributed by atoms with E-state index in [0.29, 0.717) is 29.5 Å². The first-order chi connectivity index (χ1) is 8.36. The Bertz CT molecular complexity index is 436. The van der Waals surface area contributed by atoms with Gasteiger partial charge in [0, 0.05) is 5.69 Å². The number of carboxylic acids is 1. The molecule has 1 aromatic heterocycles. The molecular formula is C15H23NO2. The van der Waals surface area contributed by atoms with Crippen LogP contribution in [-0.2, 0) is 12.8 Å². The summed E-state index contributed by atoms with van der Waals surface area (Å²) in [6.45, 7) is 10.4. The SMILES string of the molecule is CCc1nc(CC(C)C)c(C(C)C)cc1C(=O)O. The number of aryl methyl sites for hydroxylation is 1. The van der Waals surface area contributed by atoms with Crippen molar-refractivity contribution in [1.82, 2.24) is 4.98 Å². The topological polar surface area (TPSA) is 50.2 Å². The van der Waals surface area contributed by atoms with E-state index < -0.39 is 5.97 Å². The largest absolute Gasteiger partial charge is 0.478 e. The van der Waals surface area contributed by atoms with E-state index in [1.807, 2.05) is 13.0 Å². The van der Waals surface area contributed by atoms with E-state index in [2.05, 4.69) is 32.7 Å². The maximum absolute atomic E-state index is 11.2. The Kier molecular flexibility index (Phi) is 4.88. The normalized spacial score (nSPS) is 11.3. The van der Waals surface area contributed by atoms with E-state index in [-0.39, 0.29) is 0 Å². The van der Waals surface area contributed by atoms with Crippen molar-refractivity contribution in [2.75, 3.05) is 0 Å². The smallest absolute Gasteiger partial charge is 0.337 e. The maximum Gasteiger partial charge on any atom is 0.337 e. The van der Waals surface area contributed by atoms with Crippen LogP contribution in [0.3, 0.4) is 0 Å². The van der Waals surface area contributed by atoms with E-state index in [0.717, 1.165) is 17.7 Å². The molecule has 0 aliphatic carbocycles. The van der Waals surface area contributed by atoms with Gasteiger partial charge in [-0.15, -0.1) is 0 Å². The van der Waals surface area contributed by atoms with Gasteiger partial charge >= 0.3 is 5.97 Å². The van der Waals surface area contributed by atoms with Crippen molar-refractivity contribution in [2.45, 2.75) is 53.4 Å². The third kappa shape index (κ3) is 3.31. The van der Waals surface area contributed by atoms with Gasteiger partial charge in [0.1, 0.15) is 0 Å². The van der Waals surface area contributed by atoms with Crippen molar-refractivity contribution in [1.29, 1.82) is 0 Å². The van der Waals surface area contributed by atoms with E-state index in [4.69, 9.17) is 0 Å². The number of aromatic carboxylic acids is 1. The van der Waals surface area contributed by atoms with Crippen LogP contribution in [0, 0.1) is 5.92 Å². The van der Waals surface area contributed by atoms with E-state index in [1.54, 1.807) is 0 Å². The molecule has 3 nitrogen and oxygen atoms in total. The molecule has 0 saturated carbocycles. The zero-order valence-corrected chi connectivity index (χ0v) is 11.9. The minimum Gasteiger partial charge on any atom is -0.478 e. The van der Waals surface area contributed by atoms with Gasteiger partial charge in [0.15, 0.2) is 0 Å². The molecule has 0 aromatic carbocycles. The maximum atomic E-state index is 11.2. The van der Waals surface area contributed by atoms with Gasteiger partial charge in [-0.3, -0.25) is 4.98 Å². The predicted octanol–water partition coefficient (Wildman–Crippen LogP) is 3.66. The number of hydrogen-bond acceptors (Lipinski definition) is 2. The molecule has 1 heterocycles. The zero-order valence-electron chi connectivity index (χ0n) is 11.9. The summed E-state index contributed by atoms with van der Waals surface area (Å²) in [7, 11) is 0. The highest BCUT2D eigenvalue weighted by Crippen LogP contribution is 2.24. The van der Waals surface area contributed by atoms with Crippen molar-refractivity contribution in [3.63, 3.8) is 0 Å². The lowest BCUT2D eigenvalue weighted by atomic mass is 9.93. The number of carboxylic acid groups (broad SMARTS) is 1. The monoisotopic (exact) mass is 249 g/mol. The highest BCUT2D eigenvalue weighted by atomic mass is 16.4. The summed E-state index contributed by atoms with van der Waals surface area (Å²) < 4.78 is 0. The van der Waals surface area contributed by atoms with Crippen molar-refractivity contribution in [3.05, 3.63) is 28.6 Å². The van der Waals surface area contributed by atoms with Crippen LogP contribution in [0.25, 0.3) is 0 Å². The second kappa shape index (κ2) is 5.98. The summed E-state index contributed by atoms with van der Waals surface area (Å²) in [5.74, 6) is -0.0528. The van der Waals surface area contributed by atoms with Crippen LogP contribution in [0.15, 0.2) is 6.07 Å². The standard InChI is InChI=1S/C15H23NO2/c1-6-13-12(15(17)18)8-11(10(4)5)14(16-13)7-9(2)3/h8-10H,6-7H2,1-5H3,(H,17,18). The van der Waals surface area contributed by atoms with E-state index in [9.17, 15) is 9.90 Å². The lowest BCUT2D eigenvalue weighted by Gasteiger charge is -2.16. The molecule has 0 fully saturated rings. The van der Waals surface area contributed by atoms with Crippen molar-refractivity contribution in [3.8, 4) is 0 Å². The van der Waals surface area contributed by atoms with Crippen LogP contribution in [0.4, 0.5) is 0 Å². The predicted molar refractivity (Wildman–Crippen MR) is 73.2 cm³/mol. The molecule has 0 amide bonds. The fraction of sp³-hybridized carbons (Fsp3) is 0.600. The molecular weight excluding hydrogens is 226 g/mol. The van der Waals surface area contributed by atoms with Crippen LogP contribution in [-0.4, -0.2) is 16.1 Å². The van der Waals surface area contributed by atoms with Gasteiger partial charge in [-0.2, -0.15) is 0 Å². The number of pyridine rings is 1. The molecule has 1 N–H and O–H groups in total.